The average molecular weight is 229 g/mol. The Morgan fingerprint density at radius 1 is 0.929 bits per heavy atom. The van der Waals surface area contributed by atoms with Gasteiger partial charge in [-0.1, -0.05) is 0 Å². The van der Waals surface area contributed by atoms with Crippen molar-refractivity contribution in [1.82, 2.24) is 0 Å². The Morgan fingerprint density at radius 2 is 1.36 bits per heavy atom. The van der Waals surface area contributed by atoms with Crippen LogP contribution in [0.3, 0.4) is 0 Å². The Kier molecular flexibility index (Phi) is 7.06. The van der Waals surface area contributed by atoms with E-state index < -0.39 is 25.8 Å². The maximum atomic E-state index is 12.2. The molecule has 0 saturated heterocycles. The van der Waals surface area contributed by atoms with Gasteiger partial charge in [-0.05, 0) is 17.7 Å². The predicted molar refractivity (Wildman–Crippen MR) is 48.3 cm³/mol. The van der Waals surface area contributed by atoms with Crippen molar-refractivity contribution in [2.45, 2.75) is 20.0 Å². The van der Waals surface area contributed by atoms with Crippen LogP contribution in [0.5, 0.6) is 5.75 Å². The first-order valence-electron chi connectivity index (χ1n) is 3.74. The Labute approximate surface area is 123 Å². The number of benzene rings is 1. The molecule has 0 aliphatic heterocycles. The van der Waals surface area contributed by atoms with Gasteiger partial charge in [0.05, 0.1) is 0 Å². The first kappa shape index (κ1) is 14.4. The summed E-state index contributed by atoms with van der Waals surface area (Å²) in [6, 6.07) is 2.38. The summed E-state index contributed by atoms with van der Waals surface area (Å²) in [5, 5.41) is 9.21. The van der Waals surface area contributed by atoms with Gasteiger partial charge < -0.3 is 5.11 Å². The van der Waals surface area contributed by atoms with Crippen molar-refractivity contribution in [3.05, 3.63) is 28.8 Å². The van der Waals surface area contributed by atoms with Crippen molar-refractivity contribution in [2.75, 3.05) is 0 Å². The number of halogens is 3. The molecule has 0 heterocycles. The van der Waals surface area contributed by atoms with Crippen LogP contribution in [0.4, 0.5) is 13.2 Å². The average Bonchev–Trinajstić information content (AvgIpc) is 2.18. The number of alkyl halides is 3. The van der Waals surface area contributed by atoms with Crippen LogP contribution in [-0.2, 0) is 20.0 Å². The fourth-order valence-electron chi connectivity index (χ4n) is 1.11. The van der Waals surface area contributed by atoms with Gasteiger partial charge in [-0.2, -0.15) is 0 Å². The topological polar surface area (TPSA) is 20.2 Å². The minimum atomic E-state index is -0.924. The van der Waals surface area contributed by atoms with Crippen molar-refractivity contribution in [3.8, 4) is 5.75 Å². The molecule has 1 aromatic rings. The molecule has 0 amide bonds. The van der Waals surface area contributed by atoms with Crippen LogP contribution < -0.4 is 0 Å². The molecule has 73 valence electrons. The van der Waals surface area contributed by atoms with Gasteiger partial charge in [0.1, 0.15) is 25.8 Å². The second kappa shape index (κ2) is 6.84. The monoisotopic (exact) mass is 229 g/mol. The molecule has 5 heteroatoms. The maximum absolute atomic E-state index is 12.2. The Bertz CT molecular complexity index is 279. The van der Waals surface area contributed by atoms with Crippen LogP contribution >= 0.6 is 0 Å². The molecule has 0 bridgehead atoms. The molecule has 1 N–H and O–H groups in total. The van der Waals surface area contributed by atoms with E-state index in [0.717, 1.165) is 0 Å². The Hall–Kier alpha value is 0.446. The summed E-state index contributed by atoms with van der Waals surface area (Å²) in [6.07, 6.45) is 0. The van der Waals surface area contributed by atoms with Gasteiger partial charge in [-0.3, -0.25) is 0 Å². The summed E-state index contributed by atoms with van der Waals surface area (Å²) in [5.41, 5.74) is 0.0451. The molecule has 1 rings (SSSR count). The van der Waals surface area contributed by atoms with Crippen molar-refractivity contribution in [2.24, 2.45) is 0 Å². The molecule has 1 radical (unpaired) electrons. The van der Waals surface area contributed by atoms with Gasteiger partial charge in [-0.15, -0.1) is 0 Å². The third-order valence-electron chi connectivity index (χ3n) is 1.77. The number of hydrogen-bond donors (Lipinski definition) is 1. The molecule has 0 atom stereocenters. The molecular weight excluding hydrogens is 220 g/mol. The fourth-order valence-corrected chi connectivity index (χ4v) is 1.11. The zero-order valence-corrected chi connectivity index (χ0v) is 11.0. The molecule has 0 aliphatic carbocycles. The van der Waals surface area contributed by atoms with Crippen LogP contribution in [0.1, 0.15) is 16.7 Å². The second-order valence-electron chi connectivity index (χ2n) is 2.66. The zero-order valence-electron chi connectivity index (χ0n) is 7.86. The number of hydrogen-bond acceptors (Lipinski definition) is 1. The molecule has 1 aromatic carbocycles. The Balaban J connectivity index is 0.00000169. The fraction of sp³-hybridized carbons (Fsp3) is 0.333. The van der Waals surface area contributed by atoms with E-state index in [9.17, 15) is 18.3 Å². The van der Waals surface area contributed by atoms with Crippen molar-refractivity contribution < 1.29 is 18.3 Å². The summed E-state index contributed by atoms with van der Waals surface area (Å²) in [4.78, 5) is 0. The molecule has 0 saturated carbocycles. The van der Waals surface area contributed by atoms with E-state index in [4.69, 9.17) is 0 Å². The van der Waals surface area contributed by atoms with Gasteiger partial charge in [0, 0.05) is 62.5 Å². The molecular formula is C9H9F3KO. The van der Waals surface area contributed by atoms with Crippen LogP contribution in [0, 0.1) is 0 Å². The van der Waals surface area contributed by atoms with Gasteiger partial charge in [0.25, 0.3) is 0 Å². The quantitative estimate of drug-likeness (QED) is 0.789. The normalized spacial score (nSPS) is 9.64. The molecule has 0 fully saturated rings. The van der Waals surface area contributed by atoms with E-state index in [-0.39, 0.29) is 68.1 Å². The number of phenols is 1. The molecule has 0 aliphatic rings. The molecule has 0 unspecified atom stereocenters. The van der Waals surface area contributed by atoms with Gasteiger partial charge in [-0.25, -0.2) is 13.2 Å². The Morgan fingerprint density at radius 3 is 1.64 bits per heavy atom. The predicted octanol–water partition coefficient (Wildman–Crippen LogP) is 2.42. The molecule has 14 heavy (non-hydrogen) atoms. The summed E-state index contributed by atoms with van der Waals surface area (Å²) in [6.45, 7) is -2.64. The minimum absolute atomic E-state index is 0. The van der Waals surface area contributed by atoms with Crippen LogP contribution in [0.25, 0.3) is 0 Å². The molecule has 0 spiro atoms. The van der Waals surface area contributed by atoms with Crippen molar-refractivity contribution in [1.29, 1.82) is 0 Å². The van der Waals surface area contributed by atoms with E-state index in [2.05, 4.69) is 0 Å². The van der Waals surface area contributed by atoms with Crippen molar-refractivity contribution in [3.63, 3.8) is 0 Å². The summed E-state index contributed by atoms with van der Waals surface area (Å²) < 4.78 is 36.6. The SMILES string of the molecule is Oc1c(CF)cc(CF)cc1CF.[K]. The summed E-state index contributed by atoms with van der Waals surface area (Å²) in [7, 11) is 0. The van der Waals surface area contributed by atoms with Gasteiger partial charge in [0.2, 0.25) is 0 Å². The number of phenolic OH excluding ortho intramolecular Hbond substituents is 1. The van der Waals surface area contributed by atoms with Crippen LogP contribution in [0.2, 0.25) is 0 Å². The third kappa shape index (κ3) is 3.24. The smallest absolute Gasteiger partial charge is 0.127 e. The summed E-state index contributed by atoms with van der Waals surface area (Å²) >= 11 is 0. The summed E-state index contributed by atoms with van der Waals surface area (Å²) in [5.74, 6) is -0.415. The van der Waals surface area contributed by atoms with E-state index in [1.54, 1.807) is 0 Å². The largest absolute Gasteiger partial charge is 0.507 e. The molecule has 1 nitrogen and oxygen atoms in total. The number of rotatable bonds is 3. The number of aromatic hydroxyl groups is 1. The maximum Gasteiger partial charge on any atom is 0.127 e. The van der Waals surface area contributed by atoms with Crippen LogP contribution in [0.15, 0.2) is 12.1 Å². The van der Waals surface area contributed by atoms with E-state index in [0.29, 0.717) is 0 Å². The van der Waals surface area contributed by atoms with E-state index >= 15 is 0 Å². The third-order valence-corrected chi connectivity index (χ3v) is 1.77. The standard InChI is InChI=1S/C9H9F3O.K/c10-3-6-1-7(4-11)9(13)8(2-6)5-12;/h1-2,13H,3-5H2;. The first-order chi connectivity index (χ1) is 6.22. The second-order valence-corrected chi connectivity index (χ2v) is 2.66. The zero-order chi connectivity index (χ0) is 9.84. The van der Waals surface area contributed by atoms with Gasteiger partial charge >= 0.3 is 0 Å². The van der Waals surface area contributed by atoms with Crippen LogP contribution in [-0.4, -0.2) is 56.5 Å². The van der Waals surface area contributed by atoms with Crippen molar-refractivity contribution >= 4 is 51.4 Å². The first-order valence-corrected chi connectivity index (χ1v) is 3.74. The minimum Gasteiger partial charge on any atom is -0.507 e. The molecule has 0 aromatic heterocycles. The van der Waals surface area contributed by atoms with Gasteiger partial charge in [0.15, 0.2) is 0 Å². The van der Waals surface area contributed by atoms with E-state index in [1.807, 2.05) is 0 Å². The van der Waals surface area contributed by atoms with E-state index in [1.165, 1.54) is 12.1 Å².